The average molecular weight is 312 g/mol. The lowest BCUT2D eigenvalue weighted by molar-refractivity contribution is -0.116. The van der Waals surface area contributed by atoms with Gasteiger partial charge in [-0.2, -0.15) is 0 Å². The molecule has 6 heteroatoms. The molecule has 3 rings (SSSR count). The Labute approximate surface area is 133 Å². The van der Waals surface area contributed by atoms with Gasteiger partial charge in [-0.25, -0.2) is 0 Å². The molecule has 0 saturated heterocycles. The third-order valence-corrected chi connectivity index (χ3v) is 3.30. The van der Waals surface area contributed by atoms with Crippen molar-refractivity contribution in [1.82, 2.24) is 0 Å². The Morgan fingerprint density at radius 3 is 2.57 bits per heavy atom. The smallest absolute Gasteiger partial charge is 0.231 e. The lowest BCUT2D eigenvalue weighted by atomic mass is 10.1. The van der Waals surface area contributed by atoms with Crippen LogP contribution in [-0.4, -0.2) is 18.6 Å². The van der Waals surface area contributed by atoms with Crippen LogP contribution in [-0.2, 0) is 16.0 Å². The third-order valence-electron chi connectivity index (χ3n) is 3.30. The van der Waals surface area contributed by atoms with Crippen LogP contribution in [0.15, 0.2) is 42.5 Å². The van der Waals surface area contributed by atoms with Gasteiger partial charge in [0, 0.05) is 23.9 Å². The van der Waals surface area contributed by atoms with Crippen LogP contribution in [0.4, 0.5) is 11.4 Å². The van der Waals surface area contributed by atoms with Gasteiger partial charge < -0.3 is 20.1 Å². The molecule has 0 aliphatic carbocycles. The number of hydrogen-bond acceptors (Lipinski definition) is 4. The highest BCUT2D eigenvalue weighted by Crippen LogP contribution is 2.35. The summed E-state index contributed by atoms with van der Waals surface area (Å²) in [4.78, 5) is 23.3. The molecule has 0 spiro atoms. The molecule has 0 unspecified atom stereocenters. The Morgan fingerprint density at radius 2 is 1.78 bits per heavy atom. The van der Waals surface area contributed by atoms with E-state index in [0.717, 1.165) is 5.56 Å². The van der Waals surface area contributed by atoms with Crippen molar-refractivity contribution in [3.05, 3.63) is 48.0 Å². The number of anilines is 2. The summed E-state index contributed by atoms with van der Waals surface area (Å²) in [6.45, 7) is 1.61. The first-order valence-corrected chi connectivity index (χ1v) is 7.17. The highest BCUT2D eigenvalue weighted by atomic mass is 16.7. The maximum Gasteiger partial charge on any atom is 0.231 e. The summed E-state index contributed by atoms with van der Waals surface area (Å²) in [6.07, 6.45) is 0.177. The number of carbonyl (C=O) groups excluding carboxylic acids is 2. The lowest BCUT2D eigenvalue weighted by Crippen LogP contribution is -2.15. The minimum absolute atomic E-state index is 0.162. The SMILES string of the molecule is CC(=O)Nc1cccc(NC(=O)Cc2cccc3c2OCO3)c1. The summed E-state index contributed by atoms with van der Waals surface area (Å²) in [6, 6.07) is 12.5. The number of carbonyl (C=O) groups is 2. The third kappa shape index (κ3) is 3.60. The molecular formula is C17H16N2O4. The summed E-state index contributed by atoms with van der Waals surface area (Å²) in [5, 5.41) is 5.48. The minimum Gasteiger partial charge on any atom is -0.454 e. The van der Waals surface area contributed by atoms with Crippen LogP contribution >= 0.6 is 0 Å². The molecule has 2 aromatic rings. The molecule has 1 aliphatic heterocycles. The first-order valence-electron chi connectivity index (χ1n) is 7.17. The van der Waals surface area contributed by atoms with Crippen molar-refractivity contribution in [2.24, 2.45) is 0 Å². The predicted octanol–water partition coefficient (Wildman–Crippen LogP) is 2.55. The minimum atomic E-state index is -0.172. The second-order valence-electron chi connectivity index (χ2n) is 5.14. The molecule has 6 nitrogen and oxygen atoms in total. The number of amides is 2. The molecule has 0 aromatic heterocycles. The van der Waals surface area contributed by atoms with Crippen molar-refractivity contribution in [3.63, 3.8) is 0 Å². The number of fused-ring (bicyclic) bond motifs is 1. The molecule has 1 aliphatic rings. The Bertz CT molecular complexity index is 758. The quantitative estimate of drug-likeness (QED) is 0.909. The zero-order chi connectivity index (χ0) is 16.2. The van der Waals surface area contributed by atoms with Gasteiger partial charge in [-0.05, 0) is 24.3 Å². The molecule has 118 valence electrons. The molecule has 2 amide bonds. The fraction of sp³-hybridized carbons (Fsp3) is 0.176. The van der Waals surface area contributed by atoms with Gasteiger partial charge >= 0.3 is 0 Å². The predicted molar refractivity (Wildman–Crippen MR) is 85.6 cm³/mol. The summed E-state index contributed by atoms with van der Waals surface area (Å²) < 4.78 is 10.7. The van der Waals surface area contributed by atoms with E-state index in [4.69, 9.17) is 9.47 Å². The molecule has 0 fully saturated rings. The highest BCUT2D eigenvalue weighted by Gasteiger charge is 2.18. The number of benzene rings is 2. The van der Waals surface area contributed by atoms with Gasteiger partial charge in [0.2, 0.25) is 18.6 Å². The van der Waals surface area contributed by atoms with Gasteiger partial charge in [0.15, 0.2) is 11.5 Å². The van der Waals surface area contributed by atoms with E-state index in [2.05, 4.69) is 10.6 Å². The average Bonchev–Trinajstić information content (AvgIpc) is 2.96. The standard InChI is InChI=1S/C17H16N2O4/c1-11(20)18-13-5-3-6-14(9-13)19-16(21)8-12-4-2-7-15-17(12)23-10-22-15/h2-7,9H,8,10H2,1H3,(H,18,20)(H,19,21). The van der Waals surface area contributed by atoms with E-state index < -0.39 is 0 Å². The molecule has 0 radical (unpaired) electrons. The first kappa shape index (κ1) is 14.9. The Hall–Kier alpha value is -3.02. The fourth-order valence-electron chi connectivity index (χ4n) is 2.39. The summed E-state index contributed by atoms with van der Waals surface area (Å²) in [7, 11) is 0. The number of para-hydroxylation sites is 1. The number of rotatable bonds is 4. The zero-order valence-corrected chi connectivity index (χ0v) is 12.6. The molecule has 2 aromatic carbocycles. The second-order valence-corrected chi connectivity index (χ2v) is 5.14. The normalized spacial score (nSPS) is 11.9. The highest BCUT2D eigenvalue weighted by molar-refractivity contribution is 5.94. The summed E-state index contributed by atoms with van der Waals surface area (Å²) in [5.41, 5.74) is 2.02. The first-order chi connectivity index (χ1) is 11.1. The zero-order valence-electron chi connectivity index (χ0n) is 12.6. The van der Waals surface area contributed by atoms with Crippen molar-refractivity contribution in [3.8, 4) is 11.5 Å². The van der Waals surface area contributed by atoms with Crippen molar-refractivity contribution >= 4 is 23.2 Å². The number of nitrogens with one attached hydrogen (secondary N) is 2. The van der Waals surface area contributed by atoms with E-state index in [1.165, 1.54) is 6.92 Å². The monoisotopic (exact) mass is 312 g/mol. The summed E-state index contributed by atoms with van der Waals surface area (Å²) in [5.74, 6) is 0.942. The Balaban J connectivity index is 1.68. The Kier molecular flexibility index (Phi) is 4.14. The van der Waals surface area contributed by atoms with Crippen LogP contribution in [0.3, 0.4) is 0 Å². The van der Waals surface area contributed by atoms with Crippen LogP contribution in [0.25, 0.3) is 0 Å². The lowest BCUT2D eigenvalue weighted by Gasteiger charge is -2.09. The molecule has 2 N–H and O–H groups in total. The van der Waals surface area contributed by atoms with E-state index in [0.29, 0.717) is 22.9 Å². The molecule has 1 heterocycles. The maximum absolute atomic E-state index is 12.2. The van der Waals surface area contributed by atoms with Gasteiger partial charge in [-0.3, -0.25) is 9.59 Å². The van der Waals surface area contributed by atoms with Gasteiger partial charge in [0.05, 0.1) is 6.42 Å². The van der Waals surface area contributed by atoms with E-state index in [1.807, 2.05) is 12.1 Å². The van der Waals surface area contributed by atoms with Crippen molar-refractivity contribution in [2.45, 2.75) is 13.3 Å². The largest absolute Gasteiger partial charge is 0.454 e. The van der Waals surface area contributed by atoms with Crippen molar-refractivity contribution < 1.29 is 19.1 Å². The number of hydrogen-bond donors (Lipinski definition) is 2. The van der Waals surface area contributed by atoms with Crippen LogP contribution < -0.4 is 20.1 Å². The van der Waals surface area contributed by atoms with Crippen LogP contribution in [0.1, 0.15) is 12.5 Å². The summed E-state index contributed by atoms with van der Waals surface area (Å²) >= 11 is 0. The maximum atomic E-state index is 12.2. The second kappa shape index (κ2) is 6.39. The van der Waals surface area contributed by atoms with E-state index >= 15 is 0 Å². The van der Waals surface area contributed by atoms with Crippen molar-refractivity contribution in [2.75, 3.05) is 17.4 Å². The fourth-order valence-corrected chi connectivity index (χ4v) is 2.39. The van der Waals surface area contributed by atoms with Gasteiger partial charge in [0.25, 0.3) is 0 Å². The molecular weight excluding hydrogens is 296 g/mol. The molecule has 23 heavy (non-hydrogen) atoms. The van der Waals surface area contributed by atoms with Crippen LogP contribution in [0.5, 0.6) is 11.5 Å². The number of ether oxygens (including phenoxy) is 2. The molecule has 0 saturated carbocycles. The van der Waals surface area contributed by atoms with Gasteiger partial charge in [-0.1, -0.05) is 18.2 Å². The molecule has 0 bridgehead atoms. The van der Waals surface area contributed by atoms with Crippen LogP contribution in [0.2, 0.25) is 0 Å². The topological polar surface area (TPSA) is 76.7 Å². The van der Waals surface area contributed by atoms with E-state index in [-0.39, 0.29) is 25.0 Å². The molecule has 0 atom stereocenters. The van der Waals surface area contributed by atoms with E-state index in [9.17, 15) is 9.59 Å². The van der Waals surface area contributed by atoms with Gasteiger partial charge in [0.1, 0.15) is 0 Å². The van der Waals surface area contributed by atoms with Crippen LogP contribution in [0, 0.1) is 0 Å². The van der Waals surface area contributed by atoms with Gasteiger partial charge in [-0.15, -0.1) is 0 Å². The van der Waals surface area contributed by atoms with Crippen molar-refractivity contribution in [1.29, 1.82) is 0 Å². The van der Waals surface area contributed by atoms with E-state index in [1.54, 1.807) is 30.3 Å². The Morgan fingerprint density at radius 1 is 1.04 bits per heavy atom.